The molecule has 7 aromatic rings. The van der Waals surface area contributed by atoms with E-state index in [1.807, 2.05) is 0 Å². The van der Waals surface area contributed by atoms with Crippen LogP contribution in [0.5, 0.6) is 0 Å². The maximum atomic E-state index is 5.55. The van der Waals surface area contributed by atoms with Gasteiger partial charge in [-0.3, -0.25) is 4.57 Å². The molecular formula is C40H31N3. The first kappa shape index (κ1) is 24.6. The van der Waals surface area contributed by atoms with Crippen LogP contribution in [0.1, 0.15) is 49.9 Å². The van der Waals surface area contributed by atoms with E-state index in [9.17, 15) is 0 Å². The SMILES string of the molecule is CC1(C)c2ccccc2-c2c1c1ccccc1n2-c1nc(-c2ccccc2)c2ccc3c(c2n1)C(C)(C)c1ccccc1-3. The molecule has 3 nitrogen and oxygen atoms in total. The average Bonchev–Trinajstić information content (AvgIpc) is 3.59. The van der Waals surface area contributed by atoms with E-state index >= 15 is 0 Å². The van der Waals surface area contributed by atoms with Crippen molar-refractivity contribution in [3.63, 3.8) is 0 Å². The summed E-state index contributed by atoms with van der Waals surface area (Å²) < 4.78 is 2.33. The Kier molecular flexibility index (Phi) is 4.74. The minimum Gasteiger partial charge on any atom is -0.278 e. The Balaban J connectivity index is 1.45. The van der Waals surface area contributed by atoms with Crippen molar-refractivity contribution in [2.24, 2.45) is 0 Å². The van der Waals surface area contributed by atoms with Crippen molar-refractivity contribution >= 4 is 21.8 Å². The minimum atomic E-state index is -0.194. The van der Waals surface area contributed by atoms with Crippen molar-refractivity contribution in [3.8, 4) is 39.6 Å². The first-order chi connectivity index (χ1) is 20.9. The maximum absolute atomic E-state index is 5.55. The van der Waals surface area contributed by atoms with Crippen LogP contribution in [0.2, 0.25) is 0 Å². The molecule has 0 spiro atoms. The third kappa shape index (κ3) is 3.09. The second-order valence-corrected chi connectivity index (χ2v) is 13.0. The number of nitrogens with zero attached hydrogens (tertiary/aromatic N) is 3. The van der Waals surface area contributed by atoms with Gasteiger partial charge in [-0.05, 0) is 45.5 Å². The summed E-state index contributed by atoms with van der Waals surface area (Å²) in [5.74, 6) is 0.719. The van der Waals surface area contributed by atoms with Crippen LogP contribution in [0.25, 0.3) is 61.4 Å². The molecular weight excluding hydrogens is 522 g/mol. The second-order valence-electron chi connectivity index (χ2n) is 13.0. The molecule has 0 amide bonds. The Hall–Kier alpha value is -5.02. The number of hydrogen-bond donors (Lipinski definition) is 0. The predicted molar refractivity (Wildman–Crippen MR) is 177 cm³/mol. The van der Waals surface area contributed by atoms with E-state index in [4.69, 9.17) is 9.97 Å². The van der Waals surface area contributed by atoms with Gasteiger partial charge in [0.1, 0.15) is 0 Å². The van der Waals surface area contributed by atoms with Crippen LogP contribution in [0.3, 0.4) is 0 Å². The molecule has 0 fully saturated rings. The maximum Gasteiger partial charge on any atom is 0.235 e. The number of rotatable bonds is 2. The van der Waals surface area contributed by atoms with Gasteiger partial charge >= 0.3 is 0 Å². The Morgan fingerprint density at radius 3 is 1.93 bits per heavy atom. The zero-order valence-corrected chi connectivity index (χ0v) is 24.8. The zero-order valence-electron chi connectivity index (χ0n) is 24.8. The molecule has 2 aliphatic carbocycles. The Morgan fingerprint density at radius 1 is 0.512 bits per heavy atom. The van der Waals surface area contributed by atoms with Gasteiger partial charge in [0, 0.05) is 32.7 Å². The highest BCUT2D eigenvalue weighted by Gasteiger charge is 2.42. The standard InChI is InChI=1S/C40H31N3/c1-39(2)30-19-11-8-16-25(30)26-22-23-29-35(24-14-6-5-7-15-24)41-38(42-36(29)33(26)39)43-32-21-13-10-18-28(32)34-37(43)27-17-9-12-20-31(27)40(34,3)4/h5-23H,1-4H3. The molecule has 43 heavy (non-hydrogen) atoms. The topological polar surface area (TPSA) is 30.7 Å². The number of para-hydroxylation sites is 1. The fourth-order valence-corrected chi connectivity index (χ4v) is 8.06. The van der Waals surface area contributed by atoms with Gasteiger partial charge < -0.3 is 0 Å². The second kappa shape index (κ2) is 8.29. The van der Waals surface area contributed by atoms with E-state index in [1.165, 1.54) is 50.0 Å². The lowest BCUT2D eigenvalue weighted by molar-refractivity contribution is 0.664. The molecule has 3 heteroatoms. The lowest BCUT2D eigenvalue weighted by Gasteiger charge is -2.23. The molecule has 2 aromatic heterocycles. The summed E-state index contributed by atoms with van der Waals surface area (Å²) in [5, 5.41) is 2.35. The summed E-state index contributed by atoms with van der Waals surface area (Å²) in [6.07, 6.45) is 0. The van der Waals surface area contributed by atoms with Gasteiger partial charge in [-0.2, -0.15) is 0 Å². The third-order valence-electron chi connectivity index (χ3n) is 9.97. The lowest BCUT2D eigenvalue weighted by Crippen LogP contribution is -2.16. The molecule has 0 saturated carbocycles. The highest BCUT2D eigenvalue weighted by atomic mass is 15.2. The molecule has 0 aliphatic heterocycles. The number of fused-ring (bicyclic) bond motifs is 10. The third-order valence-corrected chi connectivity index (χ3v) is 9.97. The molecule has 0 radical (unpaired) electrons. The quantitative estimate of drug-likeness (QED) is 0.213. The Labute approximate surface area is 251 Å². The summed E-state index contributed by atoms with van der Waals surface area (Å²) in [7, 11) is 0. The first-order valence-electron chi connectivity index (χ1n) is 15.1. The van der Waals surface area contributed by atoms with Gasteiger partial charge in [-0.25, -0.2) is 9.97 Å². The van der Waals surface area contributed by atoms with Crippen LogP contribution < -0.4 is 0 Å². The fourth-order valence-electron chi connectivity index (χ4n) is 8.06. The molecule has 0 bridgehead atoms. The molecule has 0 unspecified atom stereocenters. The number of benzene rings is 5. The van der Waals surface area contributed by atoms with E-state index in [0.29, 0.717) is 0 Å². The zero-order chi connectivity index (χ0) is 29.1. The molecule has 2 heterocycles. The predicted octanol–water partition coefficient (Wildman–Crippen LogP) is 9.85. The number of hydrogen-bond acceptors (Lipinski definition) is 2. The van der Waals surface area contributed by atoms with Gasteiger partial charge in [0.15, 0.2) is 0 Å². The van der Waals surface area contributed by atoms with E-state index in [1.54, 1.807) is 0 Å². The summed E-state index contributed by atoms with van der Waals surface area (Å²) in [6.45, 7) is 9.36. The number of aromatic nitrogens is 3. The summed E-state index contributed by atoms with van der Waals surface area (Å²) in [5.41, 5.74) is 14.3. The average molecular weight is 554 g/mol. The van der Waals surface area contributed by atoms with Crippen LogP contribution in [-0.2, 0) is 10.8 Å². The van der Waals surface area contributed by atoms with Crippen LogP contribution in [0.4, 0.5) is 0 Å². The Morgan fingerprint density at radius 2 is 1.14 bits per heavy atom. The fraction of sp³-hybridized carbons (Fsp3) is 0.150. The van der Waals surface area contributed by atoms with Crippen molar-refractivity contribution in [3.05, 3.63) is 138 Å². The lowest BCUT2D eigenvalue weighted by atomic mass is 9.81. The minimum absolute atomic E-state index is 0.138. The van der Waals surface area contributed by atoms with Crippen LogP contribution in [0.15, 0.2) is 115 Å². The van der Waals surface area contributed by atoms with Gasteiger partial charge in [-0.1, -0.05) is 131 Å². The van der Waals surface area contributed by atoms with Gasteiger partial charge in [0.05, 0.1) is 22.4 Å². The normalized spacial score (nSPS) is 15.3. The van der Waals surface area contributed by atoms with E-state index in [2.05, 4.69) is 148 Å². The van der Waals surface area contributed by atoms with E-state index < -0.39 is 0 Å². The molecule has 0 N–H and O–H groups in total. The van der Waals surface area contributed by atoms with E-state index in [-0.39, 0.29) is 10.8 Å². The summed E-state index contributed by atoms with van der Waals surface area (Å²) in [4.78, 5) is 11.0. The first-order valence-corrected chi connectivity index (χ1v) is 15.1. The summed E-state index contributed by atoms with van der Waals surface area (Å²) in [6, 6.07) is 41.5. The van der Waals surface area contributed by atoms with Crippen LogP contribution >= 0.6 is 0 Å². The van der Waals surface area contributed by atoms with Gasteiger partial charge in [0.25, 0.3) is 0 Å². The van der Waals surface area contributed by atoms with Crippen LogP contribution in [-0.4, -0.2) is 14.5 Å². The highest BCUT2D eigenvalue weighted by Crippen LogP contribution is 2.54. The smallest absolute Gasteiger partial charge is 0.235 e. The van der Waals surface area contributed by atoms with Crippen LogP contribution in [0, 0.1) is 0 Å². The van der Waals surface area contributed by atoms with Crippen molar-refractivity contribution in [2.75, 3.05) is 0 Å². The molecule has 5 aromatic carbocycles. The molecule has 0 atom stereocenters. The molecule has 0 saturated heterocycles. The van der Waals surface area contributed by atoms with Crippen molar-refractivity contribution in [1.82, 2.24) is 14.5 Å². The monoisotopic (exact) mass is 553 g/mol. The van der Waals surface area contributed by atoms with Gasteiger partial charge in [-0.15, -0.1) is 0 Å². The molecule has 206 valence electrons. The van der Waals surface area contributed by atoms with Crippen molar-refractivity contribution in [1.29, 1.82) is 0 Å². The van der Waals surface area contributed by atoms with Gasteiger partial charge in [0.2, 0.25) is 5.95 Å². The highest BCUT2D eigenvalue weighted by molar-refractivity contribution is 6.03. The largest absolute Gasteiger partial charge is 0.278 e. The molecule has 2 aliphatic rings. The van der Waals surface area contributed by atoms with Crippen molar-refractivity contribution in [2.45, 2.75) is 38.5 Å². The Bertz CT molecular complexity index is 2290. The molecule has 9 rings (SSSR count). The van der Waals surface area contributed by atoms with E-state index in [0.717, 1.165) is 33.6 Å². The van der Waals surface area contributed by atoms with Crippen molar-refractivity contribution < 1.29 is 0 Å². The summed E-state index contributed by atoms with van der Waals surface area (Å²) >= 11 is 0.